The van der Waals surface area contributed by atoms with Gasteiger partial charge < -0.3 is 29.5 Å². The zero-order valence-corrected chi connectivity index (χ0v) is 19.4. The maximum absolute atomic E-state index is 14.5. The predicted molar refractivity (Wildman–Crippen MR) is 118 cm³/mol. The molecule has 10 nitrogen and oxygen atoms in total. The average molecular weight is 481 g/mol. The highest BCUT2D eigenvalue weighted by Gasteiger charge is 2.47. The summed E-state index contributed by atoms with van der Waals surface area (Å²) in [4.78, 5) is 38.4. The van der Waals surface area contributed by atoms with E-state index in [2.05, 4.69) is 15.3 Å². The van der Waals surface area contributed by atoms with E-state index >= 15 is 0 Å². The van der Waals surface area contributed by atoms with Crippen molar-refractivity contribution in [2.45, 2.75) is 57.2 Å². The number of nitrogens with zero attached hydrogens (tertiary/aromatic N) is 5. The van der Waals surface area contributed by atoms with E-state index in [4.69, 9.17) is 9.47 Å². The lowest BCUT2D eigenvalue weighted by Crippen LogP contribution is -2.61. The summed E-state index contributed by atoms with van der Waals surface area (Å²) in [6.45, 7) is 7.03. The van der Waals surface area contributed by atoms with Crippen molar-refractivity contribution in [1.29, 1.82) is 0 Å². The van der Waals surface area contributed by atoms with E-state index in [0.717, 1.165) is 13.0 Å². The van der Waals surface area contributed by atoms with E-state index < -0.39 is 18.0 Å². The van der Waals surface area contributed by atoms with Crippen molar-refractivity contribution in [2.24, 2.45) is 0 Å². The van der Waals surface area contributed by atoms with E-state index in [1.54, 1.807) is 0 Å². The SMILES string of the molecule is C[C@H]1CCN1c1nc(N2CC(OCC(=O)OC(=O)N3CCNCC3)[C@@H]2C)c2c(n1)C(F)(F)CC2. The maximum atomic E-state index is 14.5. The Morgan fingerprint density at radius 3 is 2.56 bits per heavy atom. The highest BCUT2D eigenvalue weighted by Crippen LogP contribution is 2.46. The number of carbonyl (C=O) groups is 2. The molecule has 1 aliphatic carbocycles. The maximum Gasteiger partial charge on any atom is 0.417 e. The first-order valence-electron chi connectivity index (χ1n) is 11.9. The van der Waals surface area contributed by atoms with Gasteiger partial charge in [-0.1, -0.05) is 0 Å². The molecule has 3 fully saturated rings. The Kier molecular flexibility index (Phi) is 6.05. The number of nitrogens with one attached hydrogen (secondary N) is 1. The van der Waals surface area contributed by atoms with Gasteiger partial charge in [0.1, 0.15) is 18.1 Å². The van der Waals surface area contributed by atoms with Crippen molar-refractivity contribution in [1.82, 2.24) is 20.2 Å². The number of hydrogen-bond donors (Lipinski definition) is 1. The molecule has 1 N–H and O–H groups in total. The number of amides is 1. The van der Waals surface area contributed by atoms with Gasteiger partial charge >= 0.3 is 12.1 Å². The molecule has 1 aromatic heterocycles. The van der Waals surface area contributed by atoms with E-state index in [0.29, 0.717) is 50.1 Å². The third-order valence-corrected chi connectivity index (χ3v) is 7.26. The fourth-order valence-electron chi connectivity index (χ4n) is 4.83. The van der Waals surface area contributed by atoms with Gasteiger partial charge in [-0.25, -0.2) is 14.6 Å². The number of aromatic nitrogens is 2. The van der Waals surface area contributed by atoms with Crippen molar-refractivity contribution in [3.8, 4) is 0 Å². The first-order valence-corrected chi connectivity index (χ1v) is 11.9. The molecular weight excluding hydrogens is 450 g/mol. The van der Waals surface area contributed by atoms with Crippen LogP contribution in [-0.4, -0.2) is 91.0 Å². The Balaban J connectivity index is 1.21. The van der Waals surface area contributed by atoms with Crippen LogP contribution in [0.5, 0.6) is 0 Å². The Labute approximate surface area is 196 Å². The van der Waals surface area contributed by atoms with Crippen molar-refractivity contribution < 1.29 is 27.8 Å². The standard InChI is InChI=1S/C22H30F2N6O4/c1-13-4-8-29(13)20-26-18-15(3-5-22(18,23)24)19(27-20)30-11-16(14(30)2)33-12-17(31)34-21(32)28-9-6-25-7-10-28/h13-14,16,25H,3-12H2,1-2H3/t13-,14-,16?/m0/s1. The molecule has 4 aliphatic rings. The van der Waals surface area contributed by atoms with Gasteiger partial charge in [-0.05, 0) is 26.7 Å². The molecule has 0 spiro atoms. The predicted octanol–water partition coefficient (Wildman–Crippen LogP) is 1.28. The topological polar surface area (TPSA) is 100 Å². The highest BCUT2D eigenvalue weighted by molar-refractivity contribution is 5.85. The van der Waals surface area contributed by atoms with Gasteiger partial charge in [0.2, 0.25) is 5.95 Å². The second kappa shape index (κ2) is 8.88. The monoisotopic (exact) mass is 480 g/mol. The van der Waals surface area contributed by atoms with Gasteiger partial charge in [-0.3, -0.25) is 0 Å². The molecule has 3 saturated heterocycles. The molecule has 1 aromatic rings. The van der Waals surface area contributed by atoms with Gasteiger partial charge in [0.25, 0.3) is 5.92 Å². The molecule has 4 heterocycles. The largest absolute Gasteiger partial charge is 0.417 e. The second-order valence-corrected chi connectivity index (χ2v) is 9.43. The molecular formula is C22H30F2N6O4. The van der Waals surface area contributed by atoms with Crippen LogP contribution in [-0.2, 0) is 26.6 Å². The minimum Gasteiger partial charge on any atom is -0.374 e. The quantitative estimate of drug-likeness (QED) is 0.493. The zero-order chi connectivity index (χ0) is 24.0. The van der Waals surface area contributed by atoms with Gasteiger partial charge in [-0.15, -0.1) is 0 Å². The van der Waals surface area contributed by atoms with Crippen molar-refractivity contribution in [3.05, 3.63) is 11.3 Å². The Bertz CT molecular complexity index is 973. The van der Waals surface area contributed by atoms with Crippen LogP contribution >= 0.6 is 0 Å². The molecule has 0 bridgehead atoms. The van der Waals surface area contributed by atoms with Gasteiger partial charge in [0.05, 0.1) is 12.1 Å². The highest BCUT2D eigenvalue weighted by atomic mass is 19.3. The van der Waals surface area contributed by atoms with Crippen molar-refractivity contribution in [2.75, 3.05) is 55.7 Å². The first kappa shape index (κ1) is 23.2. The lowest BCUT2D eigenvalue weighted by Gasteiger charge is -2.47. The Hall–Kier alpha value is -2.60. The minimum atomic E-state index is -2.96. The van der Waals surface area contributed by atoms with Crippen LogP contribution in [0.1, 0.15) is 37.9 Å². The number of hydrogen-bond acceptors (Lipinski definition) is 9. The summed E-state index contributed by atoms with van der Waals surface area (Å²) in [5.74, 6) is -2.83. The summed E-state index contributed by atoms with van der Waals surface area (Å²) in [7, 11) is 0. The second-order valence-electron chi connectivity index (χ2n) is 9.43. The summed E-state index contributed by atoms with van der Waals surface area (Å²) >= 11 is 0. The fraction of sp³-hybridized carbons (Fsp3) is 0.727. The molecule has 1 amide bonds. The molecule has 34 heavy (non-hydrogen) atoms. The number of anilines is 2. The molecule has 1 unspecified atom stereocenters. The number of alkyl halides is 2. The number of rotatable bonds is 5. The number of ether oxygens (including phenoxy) is 2. The summed E-state index contributed by atoms with van der Waals surface area (Å²) in [5, 5.41) is 3.12. The van der Waals surface area contributed by atoms with Gasteiger partial charge in [0.15, 0.2) is 0 Å². The zero-order valence-electron chi connectivity index (χ0n) is 19.4. The Morgan fingerprint density at radius 2 is 1.91 bits per heavy atom. The van der Waals surface area contributed by atoms with Gasteiger partial charge in [-0.2, -0.15) is 13.8 Å². The van der Waals surface area contributed by atoms with Crippen LogP contribution in [0.15, 0.2) is 0 Å². The third-order valence-electron chi connectivity index (χ3n) is 7.26. The normalized spacial score (nSPS) is 27.6. The van der Waals surface area contributed by atoms with Crippen LogP contribution in [0, 0.1) is 0 Å². The fourth-order valence-corrected chi connectivity index (χ4v) is 4.83. The molecule has 3 atom stereocenters. The van der Waals surface area contributed by atoms with Crippen LogP contribution in [0.3, 0.4) is 0 Å². The first-order chi connectivity index (χ1) is 16.2. The molecule has 3 aliphatic heterocycles. The van der Waals surface area contributed by atoms with E-state index in [9.17, 15) is 18.4 Å². The van der Waals surface area contributed by atoms with Crippen LogP contribution < -0.4 is 15.1 Å². The summed E-state index contributed by atoms with van der Waals surface area (Å²) < 4.78 is 39.7. The summed E-state index contributed by atoms with van der Waals surface area (Å²) in [6.07, 6.45) is -0.0274. The number of halogens is 2. The molecule has 0 aromatic carbocycles. The molecule has 0 saturated carbocycles. The molecule has 186 valence electrons. The molecule has 5 rings (SSSR count). The van der Waals surface area contributed by atoms with Crippen LogP contribution in [0.25, 0.3) is 0 Å². The number of esters is 1. The van der Waals surface area contributed by atoms with Crippen molar-refractivity contribution >= 4 is 23.8 Å². The van der Waals surface area contributed by atoms with Crippen LogP contribution in [0.4, 0.5) is 25.3 Å². The van der Waals surface area contributed by atoms with E-state index in [-0.39, 0.29) is 43.3 Å². The van der Waals surface area contributed by atoms with Crippen molar-refractivity contribution in [3.63, 3.8) is 0 Å². The van der Waals surface area contributed by atoms with E-state index in [1.165, 1.54) is 4.90 Å². The Morgan fingerprint density at radius 1 is 1.15 bits per heavy atom. The lowest BCUT2D eigenvalue weighted by atomic mass is 9.99. The lowest BCUT2D eigenvalue weighted by molar-refractivity contribution is -0.147. The summed E-state index contributed by atoms with van der Waals surface area (Å²) in [5.41, 5.74) is 0.325. The van der Waals surface area contributed by atoms with Gasteiger partial charge in [0, 0.05) is 57.3 Å². The summed E-state index contributed by atoms with van der Waals surface area (Å²) in [6, 6.07) is 0.0484. The third kappa shape index (κ3) is 4.17. The molecule has 12 heteroatoms. The van der Waals surface area contributed by atoms with Crippen LogP contribution in [0.2, 0.25) is 0 Å². The average Bonchev–Trinajstić information content (AvgIpc) is 3.12. The minimum absolute atomic E-state index is 0.168. The number of fused-ring (bicyclic) bond motifs is 1. The van der Waals surface area contributed by atoms with E-state index in [1.807, 2.05) is 23.6 Å². The smallest absolute Gasteiger partial charge is 0.374 e. The number of carbonyl (C=O) groups excluding carboxylic acids is 2. The molecule has 0 radical (unpaired) electrons. The number of piperazine rings is 1.